The predicted molar refractivity (Wildman–Crippen MR) is 66.4 cm³/mol. The Labute approximate surface area is 116 Å². The van der Waals surface area contributed by atoms with Crippen LogP contribution in [0.5, 0.6) is 5.75 Å². The molecule has 19 heavy (non-hydrogen) atoms. The largest absolute Gasteiger partial charge is 0.573 e. The van der Waals surface area contributed by atoms with E-state index >= 15 is 0 Å². The smallest absolute Gasteiger partial charge is 0.406 e. The first kappa shape index (κ1) is 14.0. The number of aromatic nitrogens is 1. The van der Waals surface area contributed by atoms with Crippen molar-refractivity contribution in [1.29, 1.82) is 0 Å². The number of alkyl halides is 3. The molecule has 1 heterocycles. The first-order valence-corrected chi connectivity index (χ1v) is 5.78. The Kier molecular flexibility index (Phi) is 3.87. The summed E-state index contributed by atoms with van der Waals surface area (Å²) in [6.45, 7) is 0. The molecule has 2 rings (SSSR count). The molecule has 0 N–H and O–H groups in total. The number of nitrogens with zero attached hydrogens (tertiary/aromatic N) is 1. The van der Waals surface area contributed by atoms with Crippen LogP contribution in [0.1, 0.15) is 0 Å². The fourth-order valence-electron chi connectivity index (χ4n) is 1.46. The molecule has 100 valence electrons. The molecular formula is C12H6Cl2F3NO. The topological polar surface area (TPSA) is 22.1 Å². The van der Waals surface area contributed by atoms with Crippen LogP contribution in [0.25, 0.3) is 11.1 Å². The molecule has 2 aromatic rings. The van der Waals surface area contributed by atoms with Crippen molar-refractivity contribution in [3.8, 4) is 16.9 Å². The van der Waals surface area contributed by atoms with E-state index in [1.165, 1.54) is 30.5 Å². The molecule has 0 aliphatic rings. The van der Waals surface area contributed by atoms with Crippen molar-refractivity contribution in [2.24, 2.45) is 0 Å². The zero-order valence-corrected chi connectivity index (χ0v) is 10.7. The average molecular weight is 308 g/mol. The highest BCUT2D eigenvalue weighted by Gasteiger charge is 2.30. The summed E-state index contributed by atoms with van der Waals surface area (Å²) in [5.41, 5.74) is 1.13. The first-order valence-electron chi connectivity index (χ1n) is 5.02. The molecule has 1 aromatic carbocycles. The molecule has 0 radical (unpaired) electrons. The van der Waals surface area contributed by atoms with Crippen molar-refractivity contribution in [2.75, 3.05) is 0 Å². The third kappa shape index (κ3) is 3.75. The number of ether oxygens (including phenoxy) is 1. The van der Waals surface area contributed by atoms with Gasteiger partial charge in [-0.3, -0.25) is 0 Å². The third-order valence-corrected chi connectivity index (χ3v) is 2.71. The van der Waals surface area contributed by atoms with Gasteiger partial charge in [-0.25, -0.2) is 4.98 Å². The average Bonchev–Trinajstić information content (AvgIpc) is 2.31. The molecular weight excluding hydrogens is 302 g/mol. The monoisotopic (exact) mass is 307 g/mol. The third-order valence-electron chi connectivity index (χ3n) is 2.20. The normalized spacial score (nSPS) is 11.4. The highest BCUT2D eigenvalue weighted by atomic mass is 35.5. The Hall–Kier alpha value is -1.46. The maximum Gasteiger partial charge on any atom is 0.573 e. The van der Waals surface area contributed by atoms with Gasteiger partial charge in [0.1, 0.15) is 10.9 Å². The fourth-order valence-corrected chi connectivity index (χ4v) is 1.83. The molecule has 0 saturated heterocycles. The summed E-state index contributed by atoms with van der Waals surface area (Å²) in [4.78, 5) is 3.86. The van der Waals surface area contributed by atoms with Gasteiger partial charge in [0.05, 0.1) is 5.02 Å². The second-order valence-corrected chi connectivity index (χ2v) is 4.36. The second-order valence-electron chi connectivity index (χ2n) is 3.56. The van der Waals surface area contributed by atoms with E-state index < -0.39 is 6.36 Å². The summed E-state index contributed by atoms with van der Waals surface area (Å²) < 4.78 is 39.8. The summed E-state index contributed by atoms with van der Waals surface area (Å²) in [5, 5.41) is 0.601. The van der Waals surface area contributed by atoms with Gasteiger partial charge in [-0.05, 0) is 23.8 Å². The lowest BCUT2D eigenvalue weighted by molar-refractivity contribution is -0.274. The highest BCUT2D eigenvalue weighted by molar-refractivity contribution is 6.34. The number of hydrogen-bond acceptors (Lipinski definition) is 2. The van der Waals surface area contributed by atoms with Gasteiger partial charge in [0.15, 0.2) is 0 Å². The van der Waals surface area contributed by atoms with Gasteiger partial charge in [-0.1, -0.05) is 35.3 Å². The van der Waals surface area contributed by atoms with Crippen molar-refractivity contribution < 1.29 is 17.9 Å². The van der Waals surface area contributed by atoms with Crippen molar-refractivity contribution in [1.82, 2.24) is 4.98 Å². The van der Waals surface area contributed by atoms with E-state index in [0.717, 1.165) is 0 Å². The van der Waals surface area contributed by atoms with Gasteiger partial charge in [0.2, 0.25) is 0 Å². The number of pyridine rings is 1. The minimum Gasteiger partial charge on any atom is -0.406 e. The van der Waals surface area contributed by atoms with Gasteiger partial charge in [0, 0.05) is 11.8 Å². The van der Waals surface area contributed by atoms with Crippen molar-refractivity contribution in [2.45, 2.75) is 6.36 Å². The number of rotatable bonds is 2. The van der Waals surface area contributed by atoms with E-state index in [4.69, 9.17) is 23.2 Å². The molecule has 0 atom stereocenters. The van der Waals surface area contributed by atoms with Gasteiger partial charge >= 0.3 is 6.36 Å². The second kappa shape index (κ2) is 5.27. The van der Waals surface area contributed by atoms with Gasteiger partial charge in [-0.2, -0.15) is 0 Å². The van der Waals surface area contributed by atoms with E-state index in [-0.39, 0.29) is 10.9 Å². The molecule has 0 fully saturated rings. The fraction of sp³-hybridized carbons (Fsp3) is 0.0833. The molecule has 0 spiro atoms. The summed E-state index contributed by atoms with van der Waals surface area (Å²) in [5.74, 6) is -0.303. The summed E-state index contributed by atoms with van der Waals surface area (Å²) >= 11 is 11.7. The maximum atomic E-state index is 12.0. The maximum absolute atomic E-state index is 12.0. The van der Waals surface area contributed by atoms with Gasteiger partial charge < -0.3 is 4.74 Å². The highest BCUT2D eigenvalue weighted by Crippen LogP contribution is 2.31. The van der Waals surface area contributed by atoms with Gasteiger partial charge in [-0.15, -0.1) is 13.2 Å². The van der Waals surface area contributed by atoms with Crippen LogP contribution in [-0.2, 0) is 0 Å². The molecule has 7 heteroatoms. The molecule has 0 saturated carbocycles. The quantitative estimate of drug-likeness (QED) is 0.732. The minimum atomic E-state index is -4.71. The van der Waals surface area contributed by atoms with Crippen LogP contribution in [0.15, 0.2) is 36.5 Å². The zero-order chi connectivity index (χ0) is 14.0. The molecule has 0 unspecified atom stereocenters. The van der Waals surface area contributed by atoms with E-state index in [1.807, 2.05) is 0 Å². The first-order chi connectivity index (χ1) is 8.85. The number of hydrogen-bond donors (Lipinski definition) is 0. The molecule has 0 aliphatic heterocycles. The Balaban J connectivity index is 2.30. The van der Waals surface area contributed by atoms with E-state index in [1.54, 1.807) is 6.07 Å². The lowest BCUT2D eigenvalue weighted by atomic mass is 10.1. The summed E-state index contributed by atoms with van der Waals surface area (Å²) in [6.07, 6.45) is -3.33. The van der Waals surface area contributed by atoms with Crippen LogP contribution in [0.2, 0.25) is 10.2 Å². The lowest BCUT2D eigenvalue weighted by Crippen LogP contribution is -2.16. The standard InChI is InChI=1S/C12H6Cl2F3NO/c13-8-5-10(11(14)18-6-8)7-1-3-9(4-2-7)19-12(15,16)17/h1-6H. The molecule has 0 bridgehead atoms. The van der Waals surface area contributed by atoms with Crippen molar-refractivity contribution >= 4 is 23.2 Å². The van der Waals surface area contributed by atoms with Crippen LogP contribution in [0.4, 0.5) is 13.2 Å². The molecule has 2 nitrogen and oxygen atoms in total. The van der Waals surface area contributed by atoms with Crippen LogP contribution >= 0.6 is 23.2 Å². The Morgan fingerprint density at radius 2 is 1.68 bits per heavy atom. The Morgan fingerprint density at radius 1 is 1.05 bits per heavy atom. The minimum absolute atomic E-state index is 0.217. The predicted octanol–water partition coefficient (Wildman–Crippen LogP) is 4.95. The number of benzene rings is 1. The summed E-state index contributed by atoms with van der Waals surface area (Å²) in [6, 6.07) is 6.86. The zero-order valence-electron chi connectivity index (χ0n) is 9.21. The Morgan fingerprint density at radius 3 is 2.26 bits per heavy atom. The number of halogens is 5. The molecule has 1 aromatic heterocycles. The summed E-state index contributed by atoms with van der Waals surface area (Å²) in [7, 11) is 0. The van der Waals surface area contributed by atoms with Crippen molar-refractivity contribution in [3.05, 3.63) is 46.7 Å². The van der Waals surface area contributed by atoms with E-state index in [2.05, 4.69) is 9.72 Å². The van der Waals surface area contributed by atoms with Crippen LogP contribution in [0, 0.1) is 0 Å². The molecule has 0 amide bonds. The molecule has 0 aliphatic carbocycles. The van der Waals surface area contributed by atoms with Gasteiger partial charge in [0.25, 0.3) is 0 Å². The Bertz CT molecular complexity index is 585. The van der Waals surface area contributed by atoms with E-state index in [9.17, 15) is 13.2 Å². The van der Waals surface area contributed by atoms with Crippen LogP contribution < -0.4 is 4.74 Å². The van der Waals surface area contributed by atoms with Crippen molar-refractivity contribution in [3.63, 3.8) is 0 Å². The SMILES string of the molecule is FC(F)(F)Oc1ccc(-c2cc(Cl)cnc2Cl)cc1. The van der Waals surface area contributed by atoms with Crippen LogP contribution in [0.3, 0.4) is 0 Å². The van der Waals surface area contributed by atoms with E-state index in [0.29, 0.717) is 16.1 Å². The van der Waals surface area contributed by atoms with Crippen LogP contribution in [-0.4, -0.2) is 11.3 Å². The lowest BCUT2D eigenvalue weighted by Gasteiger charge is -2.09.